The van der Waals surface area contributed by atoms with Crippen molar-refractivity contribution in [2.75, 3.05) is 13.1 Å². The van der Waals surface area contributed by atoms with Crippen LogP contribution < -0.4 is 5.32 Å². The van der Waals surface area contributed by atoms with Crippen molar-refractivity contribution >= 4 is 23.7 Å². The number of aryl methyl sites for hydroxylation is 1. The van der Waals surface area contributed by atoms with Gasteiger partial charge in [0.25, 0.3) is 0 Å². The Morgan fingerprint density at radius 3 is 2.65 bits per heavy atom. The SMILES string of the molecule is CC1(C)CCc2sc(C3CCNCC3)nc21.Cl. The third-order valence-electron chi connectivity index (χ3n) is 4.02. The van der Waals surface area contributed by atoms with Gasteiger partial charge in [-0.1, -0.05) is 13.8 Å². The molecule has 4 heteroatoms. The molecule has 96 valence electrons. The highest BCUT2D eigenvalue weighted by atomic mass is 35.5. The predicted molar refractivity (Wildman–Crippen MR) is 75.6 cm³/mol. The summed E-state index contributed by atoms with van der Waals surface area (Å²) in [5.74, 6) is 0.729. The summed E-state index contributed by atoms with van der Waals surface area (Å²) in [7, 11) is 0. The highest BCUT2D eigenvalue weighted by Crippen LogP contribution is 2.43. The van der Waals surface area contributed by atoms with Gasteiger partial charge in [-0.15, -0.1) is 23.7 Å². The summed E-state index contributed by atoms with van der Waals surface area (Å²) in [5.41, 5.74) is 1.74. The largest absolute Gasteiger partial charge is 0.317 e. The maximum Gasteiger partial charge on any atom is 0.0963 e. The van der Waals surface area contributed by atoms with Crippen LogP contribution in [0.5, 0.6) is 0 Å². The van der Waals surface area contributed by atoms with Gasteiger partial charge in [0.1, 0.15) is 0 Å². The molecule has 0 saturated carbocycles. The minimum atomic E-state index is 0. The van der Waals surface area contributed by atoms with Crippen molar-refractivity contribution in [1.29, 1.82) is 0 Å². The second-order valence-corrected chi connectivity index (χ2v) is 6.85. The molecule has 1 aromatic heterocycles. The summed E-state index contributed by atoms with van der Waals surface area (Å²) >= 11 is 1.99. The first-order valence-electron chi connectivity index (χ1n) is 6.37. The van der Waals surface area contributed by atoms with Crippen LogP contribution in [0.1, 0.15) is 54.6 Å². The van der Waals surface area contributed by atoms with Gasteiger partial charge in [0.15, 0.2) is 0 Å². The number of hydrogen-bond acceptors (Lipinski definition) is 3. The van der Waals surface area contributed by atoms with E-state index in [1.54, 1.807) is 4.88 Å². The third-order valence-corrected chi connectivity index (χ3v) is 5.30. The second kappa shape index (κ2) is 4.87. The minimum absolute atomic E-state index is 0. The fraction of sp³-hybridized carbons (Fsp3) is 0.769. The molecule has 0 amide bonds. The molecule has 0 radical (unpaired) electrons. The van der Waals surface area contributed by atoms with Crippen molar-refractivity contribution in [3.8, 4) is 0 Å². The Morgan fingerprint density at radius 2 is 2.00 bits per heavy atom. The molecule has 17 heavy (non-hydrogen) atoms. The first-order valence-corrected chi connectivity index (χ1v) is 7.19. The van der Waals surface area contributed by atoms with Crippen molar-refractivity contribution in [3.63, 3.8) is 0 Å². The van der Waals surface area contributed by atoms with E-state index in [0.717, 1.165) is 19.0 Å². The first kappa shape index (κ1) is 13.3. The summed E-state index contributed by atoms with van der Waals surface area (Å²) in [5, 5.41) is 4.84. The standard InChI is InChI=1S/C13H20N2S.ClH/c1-13(2)6-3-10-11(13)15-12(16-10)9-4-7-14-8-5-9;/h9,14H,3-8H2,1-2H3;1H. The van der Waals surface area contributed by atoms with Crippen molar-refractivity contribution in [2.24, 2.45) is 0 Å². The van der Waals surface area contributed by atoms with Crippen LogP contribution in [-0.2, 0) is 11.8 Å². The molecular formula is C13H21ClN2S. The lowest BCUT2D eigenvalue weighted by atomic mass is 9.91. The number of aromatic nitrogens is 1. The quantitative estimate of drug-likeness (QED) is 0.849. The molecule has 1 aliphatic carbocycles. The zero-order valence-electron chi connectivity index (χ0n) is 10.6. The lowest BCUT2D eigenvalue weighted by Gasteiger charge is -2.21. The van der Waals surface area contributed by atoms with E-state index in [-0.39, 0.29) is 12.4 Å². The van der Waals surface area contributed by atoms with E-state index in [9.17, 15) is 0 Å². The average molecular weight is 273 g/mol. The third kappa shape index (κ3) is 2.38. The van der Waals surface area contributed by atoms with E-state index >= 15 is 0 Å². The molecule has 1 fully saturated rings. The summed E-state index contributed by atoms with van der Waals surface area (Å²) < 4.78 is 0. The van der Waals surface area contributed by atoms with Crippen LogP contribution in [0, 0.1) is 0 Å². The van der Waals surface area contributed by atoms with Crippen molar-refractivity contribution in [3.05, 3.63) is 15.6 Å². The van der Waals surface area contributed by atoms with Crippen LogP contribution in [0.3, 0.4) is 0 Å². The number of hydrogen-bond donors (Lipinski definition) is 1. The number of nitrogens with one attached hydrogen (secondary N) is 1. The van der Waals surface area contributed by atoms with Crippen molar-refractivity contribution in [2.45, 2.75) is 50.9 Å². The first-order chi connectivity index (χ1) is 7.67. The Balaban J connectivity index is 0.00000108. The molecule has 0 unspecified atom stereocenters. The zero-order valence-corrected chi connectivity index (χ0v) is 12.2. The van der Waals surface area contributed by atoms with E-state index in [1.165, 1.54) is 36.4 Å². The summed E-state index contributed by atoms with van der Waals surface area (Å²) in [4.78, 5) is 6.53. The topological polar surface area (TPSA) is 24.9 Å². The molecule has 3 rings (SSSR count). The van der Waals surface area contributed by atoms with Gasteiger partial charge in [0.2, 0.25) is 0 Å². The van der Waals surface area contributed by atoms with Crippen LogP contribution in [-0.4, -0.2) is 18.1 Å². The monoisotopic (exact) mass is 272 g/mol. The Labute approximate surface area is 114 Å². The number of nitrogens with zero attached hydrogens (tertiary/aromatic N) is 1. The van der Waals surface area contributed by atoms with E-state index in [4.69, 9.17) is 4.98 Å². The summed E-state index contributed by atoms with van der Waals surface area (Å²) in [6, 6.07) is 0. The Hall–Kier alpha value is -0.120. The number of thiazole rings is 1. The van der Waals surface area contributed by atoms with Gasteiger partial charge in [-0.05, 0) is 38.8 Å². The van der Waals surface area contributed by atoms with Gasteiger partial charge < -0.3 is 5.32 Å². The van der Waals surface area contributed by atoms with Gasteiger partial charge >= 0.3 is 0 Å². The lowest BCUT2D eigenvalue weighted by Crippen LogP contribution is -2.26. The van der Waals surface area contributed by atoms with Crippen molar-refractivity contribution < 1.29 is 0 Å². The Kier molecular flexibility index (Phi) is 3.81. The normalized spacial score (nSPS) is 23.2. The molecule has 2 heterocycles. The summed E-state index contributed by atoms with van der Waals surface area (Å²) in [6.45, 7) is 7.01. The average Bonchev–Trinajstić information content (AvgIpc) is 2.82. The molecule has 0 spiro atoms. The Morgan fingerprint density at radius 1 is 1.29 bits per heavy atom. The van der Waals surface area contributed by atoms with Crippen LogP contribution in [0.25, 0.3) is 0 Å². The number of fused-ring (bicyclic) bond motifs is 1. The predicted octanol–water partition coefficient (Wildman–Crippen LogP) is 3.26. The zero-order chi connectivity index (χ0) is 11.2. The van der Waals surface area contributed by atoms with E-state index in [0.29, 0.717) is 5.41 Å². The summed E-state index contributed by atoms with van der Waals surface area (Å²) in [6.07, 6.45) is 5.08. The molecule has 0 bridgehead atoms. The smallest absolute Gasteiger partial charge is 0.0963 e. The molecule has 0 aromatic carbocycles. The highest BCUT2D eigenvalue weighted by molar-refractivity contribution is 7.11. The van der Waals surface area contributed by atoms with Gasteiger partial charge in [0, 0.05) is 16.2 Å². The lowest BCUT2D eigenvalue weighted by molar-refractivity contribution is 0.454. The van der Waals surface area contributed by atoms with Crippen LogP contribution in [0.15, 0.2) is 0 Å². The van der Waals surface area contributed by atoms with Crippen LogP contribution in [0.2, 0.25) is 0 Å². The highest BCUT2D eigenvalue weighted by Gasteiger charge is 2.34. The maximum absolute atomic E-state index is 4.96. The second-order valence-electron chi connectivity index (χ2n) is 5.73. The fourth-order valence-corrected chi connectivity index (χ4v) is 4.27. The molecule has 0 atom stereocenters. The van der Waals surface area contributed by atoms with E-state index in [2.05, 4.69) is 19.2 Å². The van der Waals surface area contributed by atoms with Crippen LogP contribution in [0.4, 0.5) is 0 Å². The fourth-order valence-electron chi connectivity index (χ4n) is 2.86. The van der Waals surface area contributed by atoms with Gasteiger partial charge in [-0.25, -0.2) is 4.98 Å². The number of rotatable bonds is 1. The van der Waals surface area contributed by atoms with E-state index in [1.807, 2.05) is 11.3 Å². The minimum Gasteiger partial charge on any atom is -0.317 e. The van der Waals surface area contributed by atoms with E-state index < -0.39 is 0 Å². The number of piperidine rings is 1. The molecule has 2 aliphatic rings. The van der Waals surface area contributed by atoms with Crippen LogP contribution >= 0.6 is 23.7 Å². The number of halogens is 1. The molecule has 1 N–H and O–H groups in total. The molecule has 2 nitrogen and oxygen atoms in total. The molecular weight excluding hydrogens is 252 g/mol. The van der Waals surface area contributed by atoms with Gasteiger partial charge in [-0.3, -0.25) is 0 Å². The molecule has 1 aromatic rings. The molecule has 1 saturated heterocycles. The van der Waals surface area contributed by atoms with Gasteiger partial charge in [0.05, 0.1) is 10.7 Å². The van der Waals surface area contributed by atoms with Crippen molar-refractivity contribution in [1.82, 2.24) is 10.3 Å². The maximum atomic E-state index is 4.96. The molecule has 1 aliphatic heterocycles. The Bertz CT molecular complexity index is 394. The van der Waals surface area contributed by atoms with Gasteiger partial charge in [-0.2, -0.15) is 0 Å².